The number of nitrogens with zero attached hydrogens (tertiary/aromatic N) is 3. The first-order valence-corrected chi connectivity index (χ1v) is 6.64. The smallest absolute Gasteiger partial charge is 0.491 e. The fourth-order valence-corrected chi connectivity index (χ4v) is 2.06. The SMILES string of the molecule is CN1CCN(CCOc2cncc([B-](F)(F)F)c2)CC1. The van der Waals surface area contributed by atoms with Gasteiger partial charge in [-0.1, -0.05) is 5.46 Å². The standard InChI is InChI=1S/C12H18BF3N3O/c1-18-2-4-19(5-3-18)6-7-20-12-8-11(9-17-10-12)13(14,15)16/h8-10H,2-7H2,1H3/q-1. The molecule has 0 amide bonds. The van der Waals surface area contributed by atoms with Gasteiger partial charge in [0.25, 0.3) is 0 Å². The average molecular weight is 288 g/mol. The predicted molar refractivity (Wildman–Crippen MR) is 72.4 cm³/mol. The van der Waals surface area contributed by atoms with E-state index in [-0.39, 0.29) is 5.75 Å². The molecule has 0 radical (unpaired) electrons. The summed E-state index contributed by atoms with van der Waals surface area (Å²) in [5.41, 5.74) is -0.720. The maximum Gasteiger partial charge on any atom is 0.511 e. The lowest BCUT2D eigenvalue weighted by Gasteiger charge is -2.32. The Bertz CT molecular complexity index is 436. The summed E-state index contributed by atoms with van der Waals surface area (Å²) in [4.78, 5) is 8.06. The van der Waals surface area contributed by atoms with Crippen LogP contribution in [0.25, 0.3) is 0 Å². The molecule has 0 spiro atoms. The van der Waals surface area contributed by atoms with Crippen molar-refractivity contribution in [2.45, 2.75) is 0 Å². The number of piperazine rings is 1. The molecular weight excluding hydrogens is 270 g/mol. The summed E-state index contributed by atoms with van der Waals surface area (Å²) < 4.78 is 43.1. The van der Waals surface area contributed by atoms with Gasteiger partial charge < -0.3 is 22.6 Å². The van der Waals surface area contributed by atoms with E-state index >= 15 is 0 Å². The number of hydrogen-bond acceptors (Lipinski definition) is 4. The van der Waals surface area contributed by atoms with Gasteiger partial charge in [0.2, 0.25) is 0 Å². The maximum absolute atomic E-state index is 12.6. The second kappa shape index (κ2) is 6.45. The third kappa shape index (κ3) is 4.38. The minimum atomic E-state index is -5.02. The van der Waals surface area contributed by atoms with E-state index in [1.54, 1.807) is 0 Å². The van der Waals surface area contributed by atoms with Crippen LogP contribution in [0.1, 0.15) is 0 Å². The zero-order valence-corrected chi connectivity index (χ0v) is 11.4. The van der Waals surface area contributed by atoms with Gasteiger partial charge >= 0.3 is 6.98 Å². The number of halogens is 3. The summed E-state index contributed by atoms with van der Waals surface area (Å²) in [7, 11) is 2.07. The predicted octanol–water partition coefficient (Wildman–Crippen LogP) is 0.762. The number of aromatic nitrogens is 1. The summed E-state index contributed by atoms with van der Waals surface area (Å²) in [6.45, 7) is 0.00875. The van der Waals surface area contributed by atoms with Crippen molar-refractivity contribution in [3.05, 3.63) is 18.5 Å². The average Bonchev–Trinajstić information content (AvgIpc) is 2.40. The van der Waals surface area contributed by atoms with Crippen molar-refractivity contribution < 1.29 is 17.7 Å². The van der Waals surface area contributed by atoms with Crippen molar-refractivity contribution >= 4 is 12.4 Å². The molecule has 0 N–H and O–H groups in total. The van der Waals surface area contributed by atoms with Crippen LogP contribution in [-0.4, -0.2) is 68.1 Å². The lowest BCUT2D eigenvalue weighted by molar-refractivity contribution is 0.133. The quantitative estimate of drug-likeness (QED) is 0.748. The van der Waals surface area contributed by atoms with E-state index in [1.807, 2.05) is 0 Å². The van der Waals surface area contributed by atoms with Crippen molar-refractivity contribution in [2.24, 2.45) is 0 Å². The van der Waals surface area contributed by atoms with Gasteiger partial charge in [-0.15, -0.1) is 0 Å². The molecule has 1 saturated heterocycles. The largest absolute Gasteiger partial charge is 0.511 e. The monoisotopic (exact) mass is 288 g/mol. The van der Waals surface area contributed by atoms with Crippen molar-refractivity contribution in [2.75, 3.05) is 46.4 Å². The molecule has 1 aliphatic rings. The molecule has 2 heterocycles. The second-order valence-corrected chi connectivity index (χ2v) is 5.02. The number of rotatable bonds is 5. The van der Waals surface area contributed by atoms with Crippen molar-refractivity contribution in [1.29, 1.82) is 0 Å². The molecule has 0 bridgehead atoms. The van der Waals surface area contributed by atoms with Gasteiger partial charge in [0, 0.05) is 38.9 Å². The lowest BCUT2D eigenvalue weighted by atomic mass is 9.81. The van der Waals surface area contributed by atoms with Gasteiger partial charge in [-0.25, -0.2) is 0 Å². The highest BCUT2D eigenvalue weighted by Gasteiger charge is 2.26. The summed E-state index contributed by atoms with van der Waals surface area (Å²) in [6, 6.07) is 1.01. The van der Waals surface area contributed by atoms with E-state index in [0.29, 0.717) is 6.61 Å². The van der Waals surface area contributed by atoms with E-state index in [4.69, 9.17) is 4.74 Å². The number of hydrogen-bond donors (Lipinski definition) is 0. The number of pyridine rings is 1. The first kappa shape index (κ1) is 15.1. The molecule has 1 aliphatic heterocycles. The van der Waals surface area contributed by atoms with Gasteiger partial charge in [0.15, 0.2) is 0 Å². The Labute approximate surface area is 116 Å². The molecule has 4 nitrogen and oxygen atoms in total. The Morgan fingerprint density at radius 2 is 1.90 bits per heavy atom. The van der Waals surface area contributed by atoms with Crippen molar-refractivity contribution in [3.63, 3.8) is 0 Å². The van der Waals surface area contributed by atoms with E-state index in [9.17, 15) is 12.9 Å². The van der Waals surface area contributed by atoms with Gasteiger partial charge in [-0.05, 0) is 13.1 Å². The molecular formula is C12H18BF3N3O-. The second-order valence-electron chi connectivity index (χ2n) is 5.02. The van der Waals surface area contributed by atoms with Crippen LogP contribution in [0.2, 0.25) is 0 Å². The summed E-state index contributed by atoms with van der Waals surface area (Å²) in [5.74, 6) is 0.177. The molecule has 112 valence electrons. The van der Waals surface area contributed by atoms with Crippen LogP contribution in [0.15, 0.2) is 18.5 Å². The van der Waals surface area contributed by atoms with Crippen LogP contribution in [-0.2, 0) is 0 Å². The fourth-order valence-electron chi connectivity index (χ4n) is 2.06. The third-order valence-electron chi connectivity index (χ3n) is 3.38. The molecule has 20 heavy (non-hydrogen) atoms. The first-order valence-electron chi connectivity index (χ1n) is 6.64. The number of ether oxygens (including phenoxy) is 1. The van der Waals surface area contributed by atoms with E-state index < -0.39 is 12.4 Å². The normalized spacial score (nSPS) is 18.2. The highest BCUT2D eigenvalue weighted by molar-refractivity contribution is 6.73. The highest BCUT2D eigenvalue weighted by Crippen LogP contribution is 2.13. The van der Waals surface area contributed by atoms with Gasteiger partial charge in [-0.3, -0.25) is 9.88 Å². The van der Waals surface area contributed by atoms with Crippen molar-refractivity contribution in [3.8, 4) is 5.75 Å². The topological polar surface area (TPSA) is 28.6 Å². The summed E-state index contributed by atoms with van der Waals surface area (Å²) >= 11 is 0. The van der Waals surface area contributed by atoms with E-state index in [0.717, 1.165) is 45.0 Å². The molecule has 2 rings (SSSR count). The van der Waals surface area contributed by atoms with Crippen LogP contribution in [0, 0.1) is 0 Å². The molecule has 0 saturated carbocycles. The molecule has 8 heteroatoms. The van der Waals surface area contributed by atoms with E-state index in [2.05, 4.69) is 21.8 Å². The van der Waals surface area contributed by atoms with Gasteiger partial charge in [0.1, 0.15) is 12.4 Å². The highest BCUT2D eigenvalue weighted by atomic mass is 19.4. The Morgan fingerprint density at radius 3 is 2.55 bits per heavy atom. The Morgan fingerprint density at radius 1 is 1.20 bits per heavy atom. The molecule has 0 atom stereocenters. The molecule has 1 aromatic rings. The summed E-state index contributed by atoms with van der Waals surface area (Å²) in [5, 5.41) is 0. The van der Waals surface area contributed by atoms with Crippen LogP contribution in [0.4, 0.5) is 12.9 Å². The fraction of sp³-hybridized carbons (Fsp3) is 0.583. The van der Waals surface area contributed by atoms with Crippen LogP contribution in [0.5, 0.6) is 5.75 Å². The molecule has 1 aromatic heterocycles. The maximum atomic E-state index is 12.6. The minimum absolute atomic E-state index is 0.177. The Balaban J connectivity index is 1.79. The third-order valence-corrected chi connectivity index (χ3v) is 3.38. The molecule has 0 unspecified atom stereocenters. The molecule has 0 aliphatic carbocycles. The Hall–Kier alpha value is -1.28. The zero-order valence-electron chi connectivity index (χ0n) is 11.4. The van der Waals surface area contributed by atoms with Gasteiger partial charge in [-0.2, -0.15) is 0 Å². The summed E-state index contributed by atoms with van der Waals surface area (Å²) in [6.07, 6.45) is 2.14. The van der Waals surface area contributed by atoms with Crippen molar-refractivity contribution in [1.82, 2.24) is 14.8 Å². The van der Waals surface area contributed by atoms with Crippen LogP contribution < -0.4 is 10.2 Å². The van der Waals surface area contributed by atoms with Gasteiger partial charge in [0.05, 0.1) is 6.20 Å². The number of likely N-dealkylation sites (N-methyl/N-ethyl adjacent to an activating group) is 1. The van der Waals surface area contributed by atoms with E-state index in [1.165, 1.54) is 6.20 Å². The zero-order chi connectivity index (χ0) is 14.6. The molecule has 0 aromatic carbocycles. The molecule has 1 fully saturated rings. The minimum Gasteiger partial charge on any atom is -0.491 e. The first-order chi connectivity index (χ1) is 9.45. The lowest BCUT2D eigenvalue weighted by Crippen LogP contribution is -2.45. The van der Waals surface area contributed by atoms with Crippen LogP contribution in [0.3, 0.4) is 0 Å². The van der Waals surface area contributed by atoms with Crippen LogP contribution >= 0.6 is 0 Å². The Kier molecular flexibility index (Phi) is 4.88.